The Kier molecular flexibility index (Phi) is 5.76. The molecule has 0 saturated carbocycles. The van der Waals surface area contributed by atoms with E-state index in [1.54, 1.807) is 0 Å². The van der Waals surface area contributed by atoms with Crippen molar-refractivity contribution in [3.05, 3.63) is 17.8 Å². The van der Waals surface area contributed by atoms with Crippen molar-refractivity contribution in [1.82, 2.24) is 10.3 Å². The molecule has 0 bridgehead atoms. The summed E-state index contributed by atoms with van der Waals surface area (Å²) in [5, 5.41) is 5.56. The highest BCUT2D eigenvalue weighted by Crippen LogP contribution is 2.15. The van der Waals surface area contributed by atoms with E-state index in [0.717, 1.165) is 0 Å². The average Bonchev–Trinajstić information content (AvgIpc) is 2.43. The third kappa shape index (κ3) is 4.75. The molecule has 0 aromatic carbocycles. The van der Waals surface area contributed by atoms with E-state index in [1.165, 1.54) is 19.2 Å². The largest absolute Gasteiger partial charge is 0.464 e. The van der Waals surface area contributed by atoms with Crippen LogP contribution in [0.2, 0.25) is 0 Å². The second-order valence-electron chi connectivity index (χ2n) is 4.68. The van der Waals surface area contributed by atoms with Crippen LogP contribution in [-0.4, -0.2) is 37.1 Å². The molecule has 1 amide bonds. The first-order valence-corrected chi connectivity index (χ1v) is 6.29. The summed E-state index contributed by atoms with van der Waals surface area (Å²) in [6.45, 7) is 4.65. The van der Waals surface area contributed by atoms with Gasteiger partial charge in [0.1, 0.15) is 0 Å². The second-order valence-corrected chi connectivity index (χ2v) is 4.68. The minimum atomic E-state index is -0.558. The summed E-state index contributed by atoms with van der Waals surface area (Å²) in [6, 6.07) is 3.00. The predicted octanol–water partition coefficient (Wildman–Crippen LogP) is 0.634. The normalized spacial score (nSPS) is 10.2. The fraction of sp³-hybridized carbons (Fsp3) is 0.462. The van der Waals surface area contributed by atoms with E-state index in [9.17, 15) is 9.59 Å². The maximum absolute atomic E-state index is 11.6. The Morgan fingerprint density at radius 2 is 2.10 bits per heavy atom. The minimum absolute atomic E-state index is 0.0363. The summed E-state index contributed by atoms with van der Waals surface area (Å²) in [7, 11) is 1.27. The maximum atomic E-state index is 11.6. The van der Waals surface area contributed by atoms with Crippen LogP contribution >= 0.6 is 0 Å². The van der Waals surface area contributed by atoms with Crippen LogP contribution in [0.1, 0.15) is 24.3 Å². The Balaban J connectivity index is 2.63. The van der Waals surface area contributed by atoms with E-state index in [4.69, 9.17) is 5.73 Å². The molecule has 0 spiro atoms. The summed E-state index contributed by atoms with van der Waals surface area (Å²) in [5.74, 6) is -0.0573. The van der Waals surface area contributed by atoms with E-state index in [1.807, 2.05) is 13.8 Å². The molecular weight excluding hydrogens is 260 g/mol. The van der Waals surface area contributed by atoms with Crippen LogP contribution < -0.4 is 16.4 Å². The van der Waals surface area contributed by atoms with Crippen LogP contribution in [0.25, 0.3) is 0 Å². The van der Waals surface area contributed by atoms with Gasteiger partial charge in [-0.1, -0.05) is 13.8 Å². The number of anilines is 2. The highest BCUT2D eigenvalue weighted by molar-refractivity contribution is 5.89. The van der Waals surface area contributed by atoms with Crippen LogP contribution in [-0.2, 0) is 9.53 Å². The van der Waals surface area contributed by atoms with Gasteiger partial charge < -0.3 is 21.1 Å². The van der Waals surface area contributed by atoms with Crippen molar-refractivity contribution < 1.29 is 14.3 Å². The van der Waals surface area contributed by atoms with Crippen molar-refractivity contribution in [2.75, 3.05) is 31.2 Å². The van der Waals surface area contributed by atoms with Crippen molar-refractivity contribution >= 4 is 23.4 Å². The number of hydrogen-bond acceptors (Lipinski definition) is 6. The van der Waals surface area contributed by atoms with E-state index >= 15 is 0 Å². The molecule has 20 heavy (non-hydrogen) atoms. The molecule has 110 valence electrons. The smallest absolute Gasteiger partial charge is 0.356 e. The lowest BCUT2D eigenvalue weighted by molar-refractivity contribution is -0.119. The van der Waals surface area contributed by atoms with E-state index in [0.29, 0.717) is 18.2 Å². The molecule has 1 aromatic heterocycles. The van der Waals surface area contributed by atoms with Crippen LogP contribution in [0.15, 0.2) is 12.1 Å². The van der Waals surface area contributed by atoms with E-state index in [-0.39, 0.29) is 24.0 Å². The van der Waals surface area contributed by atoms with Gasteiger partial charge in [0.2, 0.25) is 5.91 Å². The van der Waals surface area contributed by atoms with Gasteiger partial charge in [-0.15, -0.1) is 0 Å². The van der Waals surface area contributed by atoms with Gasteiger partial charge in [0, 0.05) is 6.54 Å². The monoisotopic (exact) mass is 280 g/mol. The molecule has 0 saturated heterocycles. The first-order valence-electron chi connectivity index (χ1n) is 6.29. The quantitative estimate of drug-likeness (QED) is 0.660. The summed E-state index contributed by atoms with van der Waals surface area (Å²) in [6.07, 6.45) is 0. The number of nitrogen functional groups attached to an aromatic ring is 1. The van der Waals surface area contributed by atoms with Crippen molar-refractivity contribution in [2.24, 2.45) is 5.92 Å². The number of pyridine rings is 1. The van der Waals surface area contributed by atoms with Gasteiger partial charge in [-0.3, -0.25) is 4.79 Å². The number of nitrogens with two attached hydrogens (primary N) is 1. The number of amides is 1. The molecule has 1 aromatic rings. The lowest BCUT2D eigenvalue weighted by Gasteiger charge is -2.11. The van der Waals surface area contributed by atoms with Gasteiger partial charge in [0.05, 0.1) is 19.3 Å². The van der Waals surface area contributed by atoms with Crippen molar-refractivity contribution in [1.29, 1.82) is 0 Å². The molecular formula is C13H20N4O3. The van der Waals surface area contributed by atoms with Crippen molar-refractivity contribution in [3.8, 4) is 0 Å². The van der Waals surface area contributed by atoms with Crippen LogP contribution in [0.4, 0.5) is 11.5 Å². The Morgan fingerprint density at radius 3 is 2.70 bits per heavy atom. The highest BCUT2D eigenvalue weighted by atomic mass is 16.5. The Labute approximate surface area is 117 Å². The Morgan fingerprint density at radius 1 is 1.40 bits per heavy atom. The van der Waals surface area contributed by atoms with Crippen LogP contribution in [0.3, 0.4) is 0 Å². The number of rotatable bonds is 6. The summed E-state index contributed by atoms with van der Waals surface area (Å²) in [4.78, 5) is 27.0. The summed E-state index contributed by atoms with van der Waals surface area (Å²) >= 11 is 0. The average molecular weight is 280 g/mol. The lowest BCUT2D eigenvalue weighted by atomic mass is 10.2. The molecule has 0 unspecified atom stereocenters. The molecule has 0 aliphatic rings. The predicted molar refractivity (Wildman–Crippen MR) is 76.3 cm³/mol. The van der Waals surface area contributed by atoms with Gasteiger partial charge in [-0.05, 0) is 18.1 Å². The van der Waals surface area contributed by atoms with Gasteiger partial charge >= 0.3 is 5.97 Å². The van der Waals surface area contributed by atoms with Gasteiger partial charge in [0.15, 0.2) is 11.5 Å². The molecule has 0 radical (unpaired) electrons. The van der Waals surface area contributed by atoms with E-state index < -0.39 is 5.97 Å². The molecule has 7 nitrogen and oxygen atoms in total. The molecule has 4 N–H and O–H groups in total. The number of carbonyl (C=O) groups excluding carboxylic acids is 2. The molecule has 7 heteroatoms. The van der Waals surface area contributed by atoms with Crippen LogP contribution in [0, 0.1) is 5.92 Å². The molecule has 1 rings (SSSR count). The number of nitrogens with zero attached hydrogens (tertiary/aromatic N) is 1. The SMILES string of the molecule is COC(=O)c1ccc(N)c(NCC(=O)NCC(C)C)n1. The zero-order valence-corrected chi connectivity index (χ0v) is 11.9. The molecule has 0 aliphatic heterocycles. The number of methoxy groups -OCH3 is 1. The third-order valence-electron chi connectivity index (χ3n) is 2.44. The van der Waals surface area contributed by atoms with E-state index in [2.05, 4.69) is 20.4 Å². The Bertz CT molecular complexity index is 489. The zero-order valence-electron chi connectivity index (χ0n) is 11.9. The lowest BCUT2D eigenvalue weighted by Crippen LogP contribution is -2.32. The molecule has 1 heterocycles. The van der Waals surface area contributed by atoms with Crippen molar-refractivity contribution in [3.63, 3.8) is 0 Å². The molecule has 0 atom stereocenters. The fourth-order valence-corrected chi connectivity index (χ4v) is 1.37. The Hall–Kier alpha value is -2.31. The summed E-state index contributed by atoms with van der Waals surface area (Å²) in [5.41, 5.74) is 6.22. The second kappa shape index (κ2) is 7.32. The highest BCUT2D eigenvalue weighted by Gasteiger charge is 2.11. The number of esters is 1. The fourth-order valence-electron chi connectivity index (χ4n) is 1.37. The summed E-state index contributed by atoms with van der Waals surface area (Å²) < 4.78 is 4.57. The third-order valence-corrected chi connectivity index (χ3v) is 2.44. The zero-order chi connectivity index (χ0) is 15.1. The standard InChI is InChI=1S/C13H20N4O3/c1-8(2)6-15-11(18)7-16-12-9(14)4-5-10(17-12)13(19)20-3/h4-5,8H,6-7,14H2,1-3H3,(H,15,18)(H,16,17). The van der Waals surface area contributed by atoms with Crippen LogP contribution in [0.5, 0.6) is 0 Å². The topological polar surface area (TPSA) is 106 Å². The first-order chi connectivity index (χ1) is 9.43. The number of nitrogens with one attached hydrogen (secondary N) is 2. The number of ether oxygens (including phenoxy) is 1. The van der Waals surface area contributed by atoms with Gasteiger partial charge in [-0.25, -0.2) is 9.78 Å². The maximum Gasteiger partial charge on any atom is 0.356 e. The molecule has 0 fully saturated rings. The van der Waals surface area contributed by atoms with Gasteiger partial charge in [-0.2, -0.15) is 0 Å². The number of aromatic nitrogens is 1. The number of hydrogen-bond donors (Lipinski definition) is 3. The van der Waals surface area contributed by atoms with Gasteiger partial charge in [0.25, 0.3) is 0 Å². The van der Waals surface area contributed by atoms with Crippen molar-refractivity contribution in [2.45, 2.75) is 13.8 Å². The molecule has 0 aliphatic carbocycles. The minimum Gasteiger partial charge on any atom is -0.464 e. The number of carbonyl (C=O) groups is 2. The first kappa shape index (κ1) is 15.7.